The Hall–Kier alpha value is -1.82. The number of likely N-dealkylation sites (N-methyl/N-ethyl adjacent to an activating group) is 1. The van der Waals surface area contributed by atoms with E-state index in [4.69, 9.17) is 10.7 Å². The Kier molecular flexibility index (Phi) is 3.71. The molecule has 3 heterocycles. The number of nitrogen functional groups attached to an aromatic ring is 1. The molecule has 1 aliphatic rings. The lowest BCUT2D eigenvalue weighted by molar-refractivity contribution is 0.268. The number of nitrogens with one attached hydrogen (secondary N) is 1. The van der Waals surface area contributed by atoms with Crippen LogP contribution in [0, 0.1) is 0 Å². The van der Waals surface area contributed by atoms with E-state index in [0.29, 0.717) is 5.82 Å². The first kappa shape index (κ1) is 14.1. The fraction of sp³-hybridized carbons (Fsp3) is 0.600. The van der Waals surface area contributed by atoms with E-state index in [0.717, 1.165) is 56.0 Å². The number of H-pyrrole nitrogens is 1. The summed E-state index contributed by atoms with van der Waals surface area (Å²) in [6.07, 6.45) is 1.01. The van der Waals surface area contributed by atoms with E-state index in [-0.39, 0.29) is 0 Å². The van der Waals surface area contributed by atoms with Crippen LogP contribution < -0.4 is 10.6 Å². The first-order valence-corrected chi connectivity index (χ1v) is 7.82. The number of fused-ring (bicyclic) bond motifs is 3. The summed E-state index contributed by atoms with van der Waals surface area (Å²) in [5, 5.41) is 8.19. The smallest absolute Gasteiger partial charge is 0.185 e. The topological polar surface area (TPSA) is 74.1 Å². The van der Waals surface area contributed by atoms with Crippen LogP contribution in [0.2, 0.25) is 0 Å². The maximum Gasteiger partial charge on any atom is 0.185 e. The van der Waals surface area contributed by atoms with Crippen molar-refractivity contribution in [2.45, 2.75) is 33.7 Å². The van der Waals surface area contributed by atoms with Crippen molar-refractivity contribution in [2.75, 3.05) is 36.8 Å². The molecule has 2 aromatic rings. The third-order valence-corrected chi connectivity index (χ3v) is 4.49. The van der Waals surface area contributed by atoms with E-state index in [1.54, 1.807) is 0 Å². The molecular weight excluding hydrogens is 264 g/mol. The van der Waals surface area contributed by atoms with Crippen molar-refractivity contribution in [3.8, 4) is 0 Å². The van der Waals surface area contributed by atoms with Gasteiger partial charge in [0.05, 0.1) is 5.39 Å². The molecule has 1 aliphatic heterocycles. The Morgan fingerprint density at radius 2 is 2.00 bits per heavy atom. The van der Waals surface area contributed by atoms with Crippen molar-refractivity contribution in [1.29, 1.82) is 0 Å². The summed E-state index contributed by atoms with van der Waals surface area (Å²) in [6, 6.07) is 0. The zero-order chi connectivity index (χ0) is 15.0. The number of hydrogen-bond donors (Lipinski definition) is 2. The van der Waals surface area contributed by atoms with Crippen LogP contribution in [-0.2, 0) is 13.0 Å². The van der Waals surface area contributed by atoms with Crippen LogP contribution in [0.5, 0.6) is 0 Å². The lowest BCUT2D eigenvalue weighted by atomic mass is 9.97. The van der Waals surface area contributed by atoms with Crippen molar-refractivity contribution in [2.24, 2.45) is 0 Å². The number of hydrogen-bond acceptors (Lipinski definition) is 5. The molecule has 6 heteroatoms. The summed E-state index contributed by atoms with van der Waals surface area (Å²) in [7, 11) is 0. The SMILES string of the molecule is CCN1CCc2c(c(N(CC)CC)nc3n[nH]c(N)c23)C1. The van der Waals surface area contributed by atoms with Gasteiger partial charge in [0.2, 0.25) is 0 Å². The van der Waals surface area contributed by atoms with Gasteiger partial charge in [-0.05, 0) is 32.4 Å². The summed E-state index contributed by atoms with van der Waals surface area (Å²) in [4.78, 5) is 9.56. The molecular formula is C15H24N6. The van der Waals surface area contributed by atoms with Gasteiger partial charge in [-0.2, -0.15) is 5.10 Å². The van der Waals surface area contributed by atoms with Gasteiger partial charge in [-0.3, -0.25) is 10.00 Å². The Balaban J connectivity index is 2.22. The molecule has 0 unspecified atom stereocenters. The standard InChI is InChI=1S/C15H24N6/c1-4-20-8-7-10-11(9-20)15(21(5-2)6-3)17-14-12(10)13(16)18-19-14/h4-9H2,1-3H3,(H3,16,17,18,19). The normalized spacial score (nSPS) is 15.4. The Morgan fingerprint density at radius 1 is 1.24 bits per heavy atom. The highest BCUT2D eigenvalue weighted by molar-refractivity contribution is 5.92. The van der Waals surface area contributed by atoms with Gasteiger partial charge < -0.3 is 10.6 Å². The van der Waals surface area contributed by atoms with E-state index < -0.39 is 0 Å². The van der Waals surface area contributed by atoms with Gasteiger partial charge in [-0.1, -0.05) is 6.92 Å². The molecule has 0 fully saturated rings. The van der Waals surface area contributed by atoms with Gasteiger partial charge in [0, 0.05) is 31.7 Å². The van der Waals surface area contributed by atoms with Crippen LogP contribution >= 0.6 is 0 Å². The van der Waals surface area contributed by atoms with E-state index in [2.05, 4.69) is 40.8 Å². The number of aromatic amines is 1. The van der Waals surface area contributed by atoms with Gasteiger partial charge in [-0.15, -0.1) is 0 Å². The van der Waals surface area contributed by atoms with Gasteiger partial charge in [0.25, 0.3) is 0 Å². The molecule has 0 atom stereocenters. The van der Waals surface area contributed by atoms with Gasteiger partial charge in [-0.25, -0.2) is 4.98 Å². The fourth-order valence-corrected chi connectivity index (χ4v) is 3.25. The quantitative estimate of drug-likeness (QED) is 0.897. The van der Waals surface area contributed by atoms with E-state index in [9.17, 15) is 0 Å². The van der Waals surface area contributed by atoms with E-state index in [1.807, 2.05) is 0 Å². The molecule has 2 aromatic heterocycles. The van der Waals surface area contributed by atoms with Crippen molar-refractivity contribution in [3.05, 3.63) is 11.1 Å². The lowest BCUT2D eigenvalue weighted by Gasteiger charge is -2.32. The van der Waals surface area contributed by atoms with Crippen molar-refractivity contribution < 1.29 is 0 Å². The van der Waals surface area contributed by atoms with Crippen LogP contribution in [0.1, 0.15) is 31.9 Å². The first-order valence-electron chi connectivity index (χ1n) is 7.82. The second-order valence-corrected chi connectivity index (χ2v) is 5.52. The Labute approximate surface area is 125 Å². The minimum Gasteiger partial charge on any atom is -0.384 e. The third-order valence-electron chi connectivity index (χ3n) is 4.49. The van der Waals surface area contributed by atoms with Crippen molar-refractivity contribution >= 4 is 22.7 Å². The molecule has 0 aliphatic carbocycles. The average molecular weight is 288 g/mol. The minimum absolute atomic E-state index is 0.643. The van der Waals surface area contributed by atoms with Crippen LogP contribution in [0.3, 0.4) is 0 Å². The zero-order valence-corrected chi connectivity index (χ0v) is 13.1. The molecule has 114 valence electrons. The molecule has 21 heavy (non-hydrogen) atoms. The van der Waals surface area contributed by atoms with E-state index >= 15 is 0 Å². The van der Waals surface area contributed by atoms with Crippen LogP contribution in [0.15, 0.2) is 0 Å². The fourth-order valence-electron chi connectivity index (χ4n) is 3.25. The molecule has 0 amide bonds. The number of nitrogens with zero attached hydrogens (tertiary/aromatic N) is 4. The third kappa shape index (κ3) is 2.23. The summed E-state index contributed by atoms with van der Waals surface area (Å²) in [5.74, 6) is 1.72. The lowest BCUT2D eigenvalue weighted by Crippen LogP contribution is -2.33. The molecule has 0 aromatic carbocycles. The van der Waals surface area contributed by atoms with Gasteiger partial charge in [0.1, 0.15) is 11.6 Å². The van der Waals surface area contributed by atoms with Gasteiger partial charge in [0.15, 0.2) is 5.65 Å². The summed E-state index contributed by atoms with van der Waals surface area (Å²) in [6.45, 7) is 11.5. The van der Waals surface area contributed by atoms with Crippen LogP contribution in [0.4, 0.5) is 11.6 Å². The number of aromatic nitrogens is 3. The summed E-state index contributed by atoms with van der Waals surface area (Å²) in [5.41, 5.74) is 9.48. The maximum atomic E-state index is 6.07. The number of anilines is 2. The Bertz CT molecular complexity index is 643. The number of rotatable bonds is 4. The predicted octanol–water partition coefficient (Wildman–Crippen LogP) is 1.76. The highest BCUT2D eigenvalue weighted by Crippen LogP contribution is 2.34. The molecule has 0 saturated carbocycles. The van der Waals surface area contributed by atoms with E-state index in [1.165, 1.54) is 11.1 Å². The molecule has 3 rings (SSSR count). The molecule has 6 nitrogen and oxygen atoms in total. The predicted molar refractivity (Wildman–Crippen MR) is 86.5 cm³/mol. The van der Waals surface area contributed by atoms with Crippen LogP contribution in [-0.4, -0.2) is 46.3 Å². The molecule has 3 N–H and O–H groups in total. The monoisotopic (exact) mass is 288 g/mol. The minimum atomic E-state index is 0.643. The Morgan fingerprint density at radius 3 is 2.67 bits per heavy atom. The van der Waals surface area contributed by atoms with Crippen molar-refractivity contribution in [3.63, 3.8) is 0 Å². The van der Waals surface area contributed by atoms with Gasteiger partial charge >= 0.3 is 0 Å². The van der Waals surface area contributed by atoms with Crippen molar-refractivity contribution in [1.82, 2.24) is 20.1 Å². The molecule has 0 radical (unpaired) electrons. The second-order valence-electron chi connectivity index (χ2n) is 5.52. The largest absolute Gasteiger partial charge is 0.384 e. The summed E-state index contributed by atoms with van der Waals surface area (Å²) >= 11 is 0. The molecule has 0 bridgehead atoms. The number of nitrogens with two attached hydrogens (primary N) is 1. The maximum absolute atomic E-state index is 6.07. The molecule has 0 saturated heterocycles. The second kappa shape index (κ2) is 5.52. The highest BCUT2D eigenvalue weighted by atomic mass is 15.2. The average Bonchev–Trinajstić information content (AvgIpc) is 2.89. The first-order chi connectivity index (χ1) is 10.2. The highest BCUT2D eigenvalue weighted by Gasteiger charge is 2.25. The summed E-state index contributed by atoms with van der Waals surface area (Å²) < 4.78 is 0. The van der Waals surface area contributed by atoms with Crippen LogP contribution in [0.25, 0.3) is 11.0 Å². The number of pyridine rings is 1. The zero-order valence-electron chi connectivity index (χ0n) is 13.1. The molecule has 0 spiro atoms.